The zero-order valence-electron chi connectivity index (χ0n) is 65.5. The second kappa shape index (κ2) is 50.6. The van der Waals surface area contributed by atoms with Gasteiger partial charge in [0, 0.05) is 38.0 Å². The maximum Gasteiger partial charge on any atom is 0.333 e. The third-order valence-corrected chi connectivity index (χ3v) is 19.0. The van der Waals surface area contributed by atoms with Crippen molar-refractivity contribution in [2.45, 2.75) is 219 Å². The van der Waals surface area contributed by atoms with Crippen LogP contribution >= 0.6 is 35.1 Å². The first kappa shape index (κ1) is 89.6. The van der Waals surface area contributed by atoms with Crippen LogP contribution in [0.4, 0.5) is 0 Å². The number of rotatable bonds is 38. The average Bonchev–Trinajstić information content (AvgIpc) is 1.60. The molecule has 1 fully saturated rings. The number of ether oxygens (including phenoxy) is 9. The topological polar surface area (TPSA) is 121 Å². The number of thioether (sulfide) groups is 2. The minimum Gasteiger partial charge on any atom is -0.491 e. The second-order valence-corrected chi connectivity index (χ2v) is 31.1. The first-order chi connectivity index (χ1) is 49.7. The highest BCUT2D eigenvalue weighted by atomic mass is 35.5. The number of hydrogen-bond donors (Lipinski definition) is 0. The van der Waals surface area contributed by atoms with Crippen LogP contribution in [-0.4, -0.2) is 106 Å². The van der Waals surface area contributed by atoms with Crippen molar-refractivity contribution in [3.63, 3.8) is 0 Å². The lowest BCUT2D eigenvalue weighted by Gasteiger charge is -2.21. The van der Waals surface area contributed by atoms with Gasteiger partial charge in [-0.25, -0.2) is 9.59 Å². The standard InChI is InChI=1S/C21H27ClO2S.C21H28O2S.C17H26O3.C16H22O2.C15H20O2/c1-15(2)17-5-9-19(10-6-17)23-13-20(24-16(3)4)14-25-21-11-7-18(22)8-12-21;1-16(2)18-10-12-19(13-11-18)22-14-20(23-17(3)4)15-24-21-8-6-5-7-9-21;1-12(2)14-5-7-15(8-6-14)19-11-17(13(3)4)20-10-16-9-18-16;1-12(2)15-9-7-14(8-10-15)6-5-11-18-16(17)13(3)4;1-4-15(16)17-11-5-6-13-7-9-14(10-8-13)12(2)3/h5-12,15-16,20H,13-14H2,1-4H3;5-13,16-17,20H,14-15H2,1-4H3;5-8,12-13,16-17H,9-11H2,1-4H3;7-10,12H,3,5-6,11H2,1-2,4H3;4,7-10,12H,1,5-6,11H2,2-3H3. The summed E-state index contributed by atoms with van der Waals surface area (Å²) < 4.78 is 50.8. The van der Waals surface area contributed by atoms with Gasteiger partial charge < -0.3 is 42.6 Å². The molecule has 1 heterocycles. The van der Waals surface area contributed by atoms with Gasteiger partial charge in [-0.15, -0.1) is 23.5 Å². The summed E-state index contributed by atoms with van der Waals surface area (Å²) in [7, 11) is 0. The molecule has 568 valence electrons. The molecular weight excluding hydrogens is 1360 g/mol. The van der Waals surface area contributed by atoms with E-state index < -0.39 is 0 Å². The zero-order chi connectivity index (χ0) is 76.3. The van der Waals surface area contributed by atoms with Crippen LogP contribution in [-0.2, 0) is 50.9 Å². The Hall–Kier alpha value is -6.81. The molecule has 0 spiro atoms. The number of hydrogen-bond acceptors (Lipinski definition) is 13. The Balaban J connectivity index is 0.000000277. The molecule has 4 atom stereocenters. The monoisotopic (exact) mass is 1480 g/mol. The first-order valence-electron chi connectivity index (χ1n) is 37.3. The molecule has 0 aromatic heterocycles. The van der Waals surface area contributed by atoms with E-state index in [9.17, 15) is 9.59 Å². The van der Waals surface area contributed by atoms with Gasteiger partial charge >= 0.3 is 11.9 Å². The molecular formula is C90H123ClO11S2. The van der Waals surface area contributed by atoms with Crippen molar-refractivity contribution in [3.8, 4) is 17.2 Å². The molecule has 7 aromatic carbocycles. The van der Waals surface area contributed by atoms with Crippen LogP contribution in [0.2, 0.25) is 5.02 Å². The third-order valence-electron chi connectivity index (χ3n) is 16.4. The van der Waals surface area contributed by atoms with Gasteiger partial charge in [0.1, 0.15) is 55.4 Å². The zero-order valence-corrected chi connectivity index (χ0v) is 67.9. The average molecular weight is 1480 g/mol. The van der Waals surface area contributed by atoms with Crippen LogP contribution in [0.1, 0.15) is 199 Å². The van der Waals surface area contributed by atoms with Gasteiger partial charge in [-0.2, -0.15) is 0 Å². The van der Waals surface area contributed by atoms with E-state index in [2.05, 4.69) is 233 Å². The second-order valence-electron chi connectivity index (χ2n) is 28.5. The first-order valence-corrected chi connectivity index (χ1v) is 39.6. The fourth-order valence-corrected chi connectivity index (χ4v) is 11.8. The maximum atomic E-state index is 11.2. The van der Waals surface area contributed by atoms with Gasteiger partial charge in [0.25, 0.3) is 0 Å². The van der Waals surface area contributed by atoms with Crippen LogP contribution in [0.3, 0.4) is 0 Å². The Morgan fingerprint density at radius 2 is 0.846 bits per heavy atom. The largest absolute Gasteiger partial charge is 0.491 e. The lowest BCUT2D eigenvalue weighted by atomic mass is 10.0. The Kier molecular flexibility index (Phi) is 43.6. The molecule has 8 rings (SSSR count). The summed E-state index contributed by atoms with van der Waals surface area (Å²) in [4.78, 5) is 24.4. The number of carbonyl (C=O) groups is 2. The summed E-state index contributed by atoms with van der Waals surface area (Å²) in [6, 6.07) is 60.6. The predicted molar refractivity (Wildman–Crippen MR) is 436 cm³/mol. The minimum absolute atomic E-state index is 0.0328. The smallest absolute Gasteiger partial charge is 0.333 e. The van der Waals surface area contributed by atoms with Gasteiger partial charge in [0.05, 0.1) is 44.7 Å². The van der Waals surface area contributed by atoms with Crippen molar-refractivity contribution >= 4 is 47.1 Å². The molecule has 1 aliphatic heterocycles. The fraction of sp³-hybridized carbons (Fsp3) is 0.467. The molecule has 0 radical (unpaired) electrons. The Morgan fingerprint density at radius 3 is 1.18 bits per heavy atom. The Labute approximate surface area is 640 Å². The molecule has 1 aliphatic rings. The molecule has 4 unspecified atom stereocenters. The minimum atomic E-state index is -0.347. The number of carbonyl (C=O) groups excluding carboxylic acids is 2. The number of benzene rings is 7. The molecule has 0 aliphatic carbocycles. The number of halogens is 1. The van der Waals surface area contributed by atoms with E-state index in [4.69, 9.17) is 54.2 Å². The van der Waals surface area contributed by atoms with E-state index in [1.807, 2.05) is 78.5 Å². The van der Waals surface area contributed by atoms with Crippen molar-refractivity contribution in [2.75, 3.05) is 57.8 Å². The summed E-state index contributed by atoms with van der Waals surface area (Å²) in [6.45, 7) is 47.1. The number of esters is 2. The molecule has 0 amide bonds. The van der Waals surface area contributed by atoms with Gasteiger partial charge in [-0.1, -0.05) is 211 Å². The summed E-state index contributed by atoms with van der Waals surface area (Å²) in [5.41, 5.74) is 9.71. The van der Waals surface area contributed by atoms with E-state index >= 15 is 0 Å². The van der Waals surface area contributed by atoms with Crippen LogP contribution in [0.25, 0.3) is 0 Å². The van der Waals surface area contributed by atoms with Crippen LogP contribution < -0.4 is 14.2 Å². The predicted octanol–water partition coefficient (Wildman–Crippen LogP) is 23.2. The van der Waals surface area contributed by atoms with Crippen LogP contribution in [0.5, 0.6) is 17.2 Å². The Morgan fingerprint density at radius 1 is 0.490 bits per heavy atom. The highest BCUT2D eigenvalue weighted by Crippen LogP contribution is 2.27. The van der Waals surface area contributed by atoms with Gasteiger partial charge in [0.2, 0.25) is 0 Å². The summed E-state index contributed by atoms with van der Waals surface area (Å²) in [5.74, 6) is 6.96. The van der Waals surface area contributed by atoms with Crippen molar-refractivity contribution in [1.29, 1.82) is 0 Å². The number of aryl methyl sites for hydroxylation is 2. The highest BCUT2D eigenvalue weighted by molar-refractivity contribution is 7.99. The summed E-state index contributed by atoms with van der Waals surface area (Å²) in [5, 5.41) is 0.757. The SMILES string of the molecule is C=C(C)C(=O)OCCCc1ccc(C(C)C)cc1.C=CC(=O)OCCCc1ccc(C(C)C)cc1.CC(C)OC(COc1ccc(C(C)C)cc1)CSc1ccc(Cl)cc1.CC(C)OC(COc1ccc(C(C)C)cc1)CSc1ccccc1.CC(C)c1ccc(OCC(OCC2CO2)C(C)C)cc1. The lowest BCUT2D eigenvalue weighted by molar-refractivity contribution is -0.139. The van der Waals surface area contributed by atoms with Gasteiger partial charge in [-0.3, -0.25) is 0 Å². The third kappa shape index (κ3) is 39.5. The molecule has 14 heteroatoms. The summed E-state index contributed by atoms with van der Waals surface area (Å²) in [6.07, 6.45) is 5.64. The van der Waals surface area contributed by atoms with E-state index in [1.165, 1.54) is 54.8 Å². The normalized spacial score (nSPS) is 13.2. The van der Waals surface area contributed by atoms with E-state index in [0.717, 1.165) is 66.1 Å². The van der Waals surface area contributed by atoms with E-state index in [1.54, 1.807) is 18.7 Å². The van der Waals surface area contributed by atoms with E-state index in [-0.39, 0.29) is 42.5 Å². The number of epoxide rings is 1. The highest BCUT2D eigenvalue weighted by Gasteiger charge is 2.26. The molecule has 0 bridgehead atoms. The van der Waals surface area contributed by atoms with Gasteiger partial charge in [0.15, 0.2) is 0 Å². The van der Waals surface area contributed by atoms with Crippen molar-refractivity contribution < 1.29 is 52.2 Å². The Bertz CT molecular complexity index is 3420. The molecule has 0 saturated carbocycles. The maximum absolute atomic E-state index is 11.2. The quantitative estimate of drug-likeness (QED) is 0.0120. The van der Waals surface area contributed by atoms with Gasteiger partial charge in [-0.05, 0) is 208 Å². The van der Waals surface area contributed by atoms with Crippen molar-refractivity contribution in [3.05, 3.63) is 245 Å². The van der Waals surface area contributed by atoms with Crippen molar-refractivity contribution in [1.82, 2.24) is 0 Å². The molecule has 1 saturated heterocycles. The molecule has 0 N–H and O–H groups in total. The van der Waals surface area contributed by atoms with Crippen LogP contribution in [0.15, 0.2) is 211 Å². The van der Waals surface area contributed by atoms with Crippen LogP contribution in [0, 0.1) is 5.92 Å². The lowest BCUT2D eigenvalue weighted by Crippen LogP contribution is -2.28. The fourth-order valence-electron chi connectivity index (χ4n) is 9.89. The van der Waals surface area contributed by atoms with E-state index in [0.29, 0.717) is 86.8 Å². The van der Waals surface area contributed by atoms with Crippen molar-refractivity contribution in [2.24, 2.45) is 5.92 Å². The molecule has 104 heavy (non-hydrogen) atoms. The molecule has 11 nitrogen and oxygen atoms in total. The molecule has 7 aromatic rings. The summed E-state index contributed by atoms with van der Waals surface area (Å²) >= 11 is 9.50.